The molecule has 1 rings (SSSR count). The summed E-state index contributed by atoms with van der Waals surface area (Å²) in [5, 5.41) is 16.0. The molecule has 10 heteroatoms. The molecular formula is C28H45N3O7. The molecule has 1 aromatic carbocycles. The highest BCUT2D eigenvalue weighted by Gasteiger charge is 2.33. The smallest absolute Gasteiger partial charge is 0.408 e. The van der Waals surface area contributed by atoms with Crippen molar-refractivity contribution < 1.29 is 33.8 Å². The summed E-state index contributed by atoms with van der Waals surface area (Å²) in [4.78, 5) is 52.2. The minimum atomic E-state index is -1.17. The second-order valence-corrected chi connectivity index (χ2v) is 10.1. The Balaban J connectivity index is 3.24. The number of carbonyl (C=O) groups is 4. The van der Waals surface area contributed by atoms with E-state index in [1.54, 1.807) is 52.8 Å². The van der Waals surface area contributed by atoms with Gasteiger partial charge in [-0.25, -0.2) is 4.79 Å². The quantitative estimate of drug-likeness (QED) is 0.227. The third kappa shape index (κ3) is 11.8. The third-order valence-corrected chi connectivity index (χ3v) is 5.66. The van der Waals surface area contributed by atoms with Gasteiger partial charge in [-0.3, -0.25) is 14.4 Å². The van der Waals surface area contributed by atoms with Crippen molar-refractivity contribution in [2.24, 2.45) is 0 Å². The van der Waals surface area contributed by atoms with Gasteiger partial charge in [-0.15, -0.1) is 0 Å². The molecule has 0 spiro atoms. The fourth-order valence-corrected chi connectivity index (χ4v) is 3.82. The molecule has 0 bridgehead atoms. The maximum atomic E-state index is 13.5. The summed E-state index contributed by atoms with van der Waals surface area (Å²) in [6.07, 6.45) is 3.82. The van der Waals surface area contributed by atoms with Gasteiger partial charge < -0.3 is 30.1 Å². The van der Waals surface area contributed by atoms with Gasteiger partial charge in [0.15, 0.2) is 0 Å². The number of benzene rings is 1. The molecule has 3 amide bonds. The molecule has 0 aromatic heterocycles. The molecular weight excluding hydrogens is 490 g/mol. The number of esters is 1. The maximum Gasteiger partial charge on any atom is 0.408 e. The number of nitrogens with zero attached hydrogens (tertiary/aromatic N) is 1. The highest BCUT2D eigenvalue weighted by atomic mass is 16.6. The molecule has 0 heterocycles. The van der Waals surface area contributed by atoms with Gasteiger partial charge in [0.2, 0.25) is 11.8 Å². The summed E-state index contributed by atoms with van der Waals surface area (Å²) in [7, 11) is 0. The number of nitrogens with one attached hydrogen (secondary N) is 2. The van der Waals surface area contributed by atoms with E-state index in [-0.39, 0.29) is 44.0 Å². The molecule has 0 aliphatic rings. The lowest BCUT2D eigenvalue weighted by atomic mass is 9.99. The van der Waals surface area contributed by atoms with Crippen molar-refractivity contribution >= 4 is 23.9 Å². The van der Waals surface area contributed by atoms with Gasteiger partial charge in [0.05, 0.1) is 13.0 Å². The van der Waals surface area contributed by atoms with Crippen molar-refractivity contribution in [3.8, 4) is 5.75 Å². The number of para-hydroxylation sites is 1. The lowest BCUT2D eigenvalue weighted by molar-refractivity contribution is -0.143. The minimum absolute atomic E-state index is 0.00936. The Hall–Kier alpha value is -3.30. The van der Waals surface area contributed by atoms with E-state index in [4.69, 9.17) is 9.47 Å². The van der Waals surface area contributed by atoms with E-state index in [1.807, 2.05) is 0 Å². The van der Waals surface area contributed by atoms with Crippen molar-refractivity contribution in [1.29, 1.82) is 0 Å². The fraction of sp³-hybridized carbons (Fsp3) is 0.643. The van der Waals surface area contributed by atoms with Crippen molar-refractivity contribution in [3.63, 3.8) is 0 Å². The van der Waals surface area contributed by atoms with Gasteiger partial charge in [0.1, 0.15) is 23.9 Å². The van der Waals surface area contributed by atoms with Crippen LogP contribution in [0.15, 0.2) is 18.2 Å². The molecule has 0 fully saturated rings. The van der Waals surface area contributed by atoms with E-state index < -0.39 is 35.5 Å². The summed E-state index contributed by atoms with van der Waals surface area (Å²) in [6, 6.07) is 3.83. The first-order chi connectivity index (χ1) is 17.9. The van der Waals surface area contributed by atoms with Crippen LogP contribution < -0.4 is 10.6 Å². The highest BCUT2D eigenvalue weighted by Crippen LogP contribution is 2.32. The van der Waals surface area contributed by atoms with Gasteiger partial charge in [0, 0.05) is 18.7 Å². The van der Waals surface area contributed by atoms with E-state index in [9.17, 15) is 24.3 Å². The molecule has 214 valence electrons. The number of phenols is 1. The standard InChI is InChI=1S/C28H45N3O7/c1-7-9-10-11-12-18-31(22(32)19-30-27(36)38-28(4,5)6)24(21-15-13-14-20(3)25(21)34)26(35)29-17-16-23(33)37-8-2/h13-15,24,34H,7-12,16-19H2,1-6H3,(H,29,35)(H,30,36). The Morgan fingerprint density at radius 3 is 2.34 bits per heavy atom. The van der Waals surface area contributed by atoms with Crippen molar-refractivity contribution in [2.75, 3.05) is 26.2 Å². The zero-order chi connectivity index (χ0) is 28.7. The second-order valence-electron chi connectivity index (χ2n) is 10.1. The second kappa shape index (κ2) is 16.5. The Kier molecular flexibility index (Phi) is 14.2. The van der Waals surface area contributed by atoms with Crippen LogP contribution in [0.5, 0.6) is 5.75 Å². The number of carbonyl (C=O) groups excluding carboxylic acids is 4. The predicted octanol–water partition coefficient (Wildman–Crippen LogP) is 4.13. The molecule has 0 saturated heterocycles. The van der Waals surface area contributed by atoms with Crippen molar-refractivity contribution in [2.45, 2.75) is 91.7 Å². The van der Waals surface area contributed by atoms with E-state index >= 15 is 0 Å². The van der Waals surface area contributed by atoms with E-state index in [0.29, 0.717) is 12.0 Å². The van der Waals surface area contributed by atoms with Gasteiger partial charge >= 0.3 is 12.1 Å². The van der Waals surface area contributed by atoms with E-state index in [2.05, 4.69) is 17.6 Å². The summed E-state index contributed by atoms with van der Waals surface area (Å²) in [5.41, 5.74) is 0.0766. The number of aryl methyl sites for hydroxylation is 1. The number of hydrogen-bond acceptors (Lipinski definition) is 7. The van der Waals surface area contributed by atoms with Gasteiger partial charge in [-0.2, -0.15) is 0 Å². The fourth-order valence-electron chi connectivity index (χ4n) is 3.82. The molecule has 10 nitrogen and oxygen atoms in total. The van der Waals surface area contributed by atoms with E-state index in [0.717, 1.165) is 25.7 Å². The minimum Gasteiger partial charge on any atom is -0.507 e. The van der Waals surface area contributed by atoms with Crippen molar-refractivity contribution in [1.82, 2.24) is 15.5 Å². The average Bonchev–Trinajstić information content (AvgIpc) is 2.83. The molecule has 0 radical (unpaired) electrons. The summed E-state index contributed by atoms with van der Waals surface area (Å²) in [5.74, 6) is -1.60. The lowest BCUT2D eigenvalue weighted by Gasteiger charge is -2.32. The molecule has 1 atom stereocenters. The van der Waals surface area contributed by atoms with Crippen LogP contribution in [-0.2, 0) is 23.9 Å². The first-order valence-corrected chi connectivity index (χ1v) is 13.4. The number of unbranched alkanes of at least 4 members (excludes halogenated alkanes) is 4. The van der Waals surface area contributed by atoms with Crippen LogP contribution in [-0.4, -0.2) is 65.7 Å². The number of amides is 3. The van der Waals surface area contributed by atoms with E-state index in [1.165, 1.54) is 4.90 Å². The number of rotatable bonds is 15. The average molecular weight is 536 g/mol. The molecule has 1 aromatic rings. The number of phenolic OH excluding ortho intramolecular Hbond substituents is 1. The molecule has 0 saturated carbocycles. The Morgan fingerprint density at radius 2 is 1.71 bits per heavy atom. The summed E-state index contributed by atoms with van der Waals surface area (Å²) >= 11 is 0. The number of hydrogen-bond donors (Lipinski definition) is 3. The van der Waals surface area contributed by atoms with Crippen LogP contribution in [0.4, 0.5) is 4.79 Å². The Bertz CT molecular complexity index is 928. The van der Waals surface area contributed by atoms with Gasteiger partial charge in [-0.05, 0) is 46.6 Å². The first kappa shape index (κ1) is 32.7. The number of aromatic hydroxyl groups is 1. The zero-order valence-electron chi connectivity index (χ0n) is 23.7. The van der Waals surface area contributed by atoms with Crippen LogP contribution >= 0.6 is 0 Å². The topological polar surface area (TPSA) is 134 Å². The van der Waals surface area contributed by atoms with Gasteiger partial charge in [-0.1, -0.05) is 50.8 Å². The monoisotopic (exact) mass is 535 g/mol. The van der Waals surface area contributed by atoms with Crippen molar-refractivity contribution in [3.05, 3.63) is 29.3 Å². The SMILES string of the molecule is CCCCCCCN(C(=O)CNC(=O)OC(C)(C)C)C(C(=O)NCCC(=O)OCC)c1cccc(C)c1O. The summed E-state index contributed by atoms with van der Waals surface area (Å²) < 4.78 is 10.1. The molecule has 1 unspecified atom stereocenters. The van der Waals surface area contributed by atoms with Crippen LogP contribution in [0.2, 0.25) is 0 Å². The predicted molar refractivity (Wildman–Crippen MR) is 145 cm³/mol. The highest BCUT2D eigenvalue weighted by molar-refractivity contribution is 5.91. The summed E-state index contributed by atoms with van der Waals surface area (Å²) in [6.45, 7) is 10.8. The number of ether oxygens (including phenoxy) is 2. The van der Waals surface area contributed by atoms with Crippen LogP contribution in [0.1, 0.15) is 90.3 Å². The molecule has 3 N–H and O–H groups in total. The largest absolute Gasteiger partial charge is 0.507 e. The third-order valence-electron chi connectivity index (χ3n) is 5.66. The van der Waals surface area contributed by atoms with Gasteiger partial charge in [0.25, 0.3) is 0 Å². The lowest BCUT2D eigenvalue weighted by Crippen LogP contribution is -2.48. The first-order valence-electron chi connectivity index (χ1n) is 13.4. The Labute approximate surface area is 226 Å². The molecule has 0 aliphatic carbocycles. The zero-order valence-corrected chi connectivity index (χ0v) is 23.7. The molecule has 0 aliphatic heterocycles. The van der Waals surface area contributed by atoms with Crippen LogP contribution in [0.25, 0.3) is 0 Å². The van der Waals surface area contributed by atoms with Crippen LogP contribution in [0.3, 0.4) is 0 Å². The Morgan fingerprint density at radius 1 is 1.03 bits per heavy atom. The normalized spacial score (nSPS) is 11.8. The maximum absolute atomic E-state index is 13.5. The number of alkyl carbamates (subject to hydrolysis) is 1. The van der Waals surface area contributed by atoms with Crippen LogP contribution in [0, 0.1) is 6.92 Å². The molecule has 38 heavy (non-hydrogen) atoms.